The Bertz CT molecular complexity index is 1090. The van der Waals surface area contributed by atoms with E-state index in [0.29, 0.717) is 17.8 Å². The number of thiazole rings is 1. The lowest BCUT2D eigenvalue weighted by Crippen LogP contribution is -2.20. The monoisotopic (exact) mass is 396 g/mol. The Balaban J connectivity index is 2.00. The van der Waals surface area contributed by atoms with Gasteiger partial charge in [0.15, 0.2) is 0 Å². The predicted molar refractivity (Wildman–Crippen MR) is 115 cm³/mol. The minimum Gasteiger partial charge on any atom is -0.462 e. The maximum atomic E-state index is 12.7. The van der Waals surface area contributed by atoms with Crippen molar-refractivity contribution in [3.63, 3.8) is 0 Å². The molecule has 0 radical (unpaired) electrons. The number of pyridine rings is 1. The molecule has 0 N–H and O–H groups in total. The Morgan fingerprint density at radius 1 is 1.29 bits per heavy atom. The number of hydrogen-bond donors (Lipinski definition) is 0. The zero-order valence-electron chi connectivity index (χ0n) is 16.6. The minimum atomic E-state index is -0.578. The van der Waals surface area contributed by atoms with Crippen LogP contribution in [0, 0.1) is 0 Å². The van der Waals surface area contributed by atoms with Gasteiger partial charge in [0.2, 0.25) is 5.43 Å². The molecule has 0 spiro atoms. The lowest BCUT2D eigenvalue weighted by Gasteiger charge is -2.11. The van der Waals surface area contributed by atoms with Crippen molar-refractivity contribution in [1.29, 1.82) is 0 Å². The molecule has 0 amide bonds. The fourth-order valence-corrected chi connectivity index (χ4v) is 3.81. The maximum absolute atomic E-state index is 12.7. The summed E-state index contributed by atoms with van der Waals surface area (Å²) in [4.78, 5) is 29.4. The van der Waals surface area contributed by atoms with E-state index in [9.17, 15) is 9.59 Å². The number of esters is 1. The predicted octanol–water partition coefficient (Wildman–Crippen LogP) is 4.95. The molecule has 5 nitrogen and oxygen atoms in total. The van der Waals surface area contributed by atoms with Crippen LogP contribution in [0.1, 0.15) is 60.2 Å². The van der Waals surface area contributed by atoms with Crippen LogP contribution in [0.15, 0.2) is 34.6 Å². The molecule has 0 fully saturated rings. The third kappa shape index (κ3) is 4.07. The number of carbonyl (C=O) groups is 1. The van der Waals surface area contributed by atoms with Gasteiger partial charge in [-0.25, -0.2) is 9.78 Å². The summed E-state index contributed by atoms with van der Waals surface area (Å²) in [7, 11) is 0. The number of carbonyl (C=O) groups excluding carboxylic acids is 1. The Hall–Kier alpha value is -2.73. The lowest BCUT2D eigenvalue weighted by molar-refractivity contribution is 0.0524. The van der Waals surface area contributed by atoms with Crippen molar-refractivity contribution in [2.45, 2.75) is 40.2 Å². The maximum Gasteiger partial charge on any atom is 0.343 e. The van der Waals surface area contributed by atoms with Gasteiger partial charge in [-0.05, 0) is 43.5 Å². The van der Waals surface area contributed by atoms with Crippen LogP contribution in [0.2, 0.25) is 0 Å². The second-order valence-corrected chi connectivity index (χ2v) is 7.64. The van der Waals surface area contributed by atoms with Crippen LogP contribution < -0.4 is 5.43 Å². The van der Waals surface area contributed by atoms with Gasteiger partial charge in [0.25, 0.3) is 0 Å². The average molecular weight is 397 g/mol. The number of aromatic nitrogens is 2. The second-order valence-electron chi connectivity index (χ2n) is 6.75. The molecule has 0 aliphatic rings. The summed E-state index contributed by atoms with van der Waals surface area (Å²) in [5.41, 5.74) is 2.64. The molecule has 28 heavy (non-hydrogen) atoms. The molecule has 3 rings (SSSR count). The molecule has 0 atom stereocenters. The summed E-state index contributed by atoms with van der Waals surface area (Å²) >= 11 is 1.62. The fraction of sp³-hybridized carbons (Fsp3) is 0.318. The highest BCUT2D eigenvalue weighted by Gasteiger charge is 2.16. The number of aryl methyl sites for hydroxylation is 1. The van der Waals surface area contributed by atoms with Crippen LogP contribution in [0.4, 0.5) is 0 Å². The van der Waals surface area contributed by atoms with Crippen LogP contribution in [-0.2, 0) is 11.3 Å². The van der Waals surface area contributed by atoms with Crippen LogP contribution in [-0.4, -0.2) is 22.1 Å². The van der Waals surface area contributed by atoms with Crippen LogP contribution in [0.5, 0.6) is 0 Å². The van der Waals surface area contributed by atoms with Crippen LogP contribution >= 0.6 is 11.3 Å². The standard InChI is InChI=1S/C22H24N2O3S/c1-5-24-12-17(22(26)27-6-2)21(25)16-9-7-15(11-19(16)24)8-10-20-23-18(13-28-20)14(3)4/h7-14H,5-6H2,1-4H3. The molecule has 0 saturated heterocycles. The van der Waals surface area contributed by atoms with Gasteiger partial charge in [-0.3, -0.25) is 4.79 Å². The van der Waals surface area contributed by atoms with Gasteiger partial charge in [0.1, 0.15) is 10.6 Å². The Kier molecular flexibility index (Phi) is 6.09. The SMILES string of the molecule is CCOC(=O)c1cn(CC)c2cc(C=Cc3nc(C(C)C)cs3)ccc2c1=O. The van der Waals surface area contributed by atoms with E-state index in [1.54, 1.807) is 30.5 Å². The molecular formula is C22H24N2O3S. The molecule has 2 aromatic heterocycles. The van der Waals surface area contributed by atoms with Crippen molar-refractivity contribution >= 4 is 40.4 Å². The molecule has 0 aliphatic carbocycles. The van der Waals surface area contributed by atoms with E-state index in [4.69, 9.17) is 4.74 Å². The van der Waals surface area contributed by atoms with Crippen molar-refractivity contribution in [3.05, 3.63) is 61.8 Å². The average Bonchev–Trinajstić information content (AvgIpc) is 3.16. The van der Waals surface area contributed by atoms with E-state index in [-0.39, 0.29) is 17.6 Å². The summed E-state index contributed by atoms with van der Waals surface area (Å²) in [5, 5.41) is 3.55. The van der Waals surface area contributed by atoms with Gasteiger partial charge in [-0.2, -0.15) is 0 Å². The van der Waals surface area contributed by atoms with Gasteiger partial charge in [-0.1, -0.05) is 26.0 Å². The zero-order chi connectivity index (χ0) is 20.3. The van der Waals surface area contributed by atoms with E-state index in [1.807, 2.05) is 35.8 Å². The highest BCUT2D eigenvalue weighted by molar-refractivity contribution is 7.10. The van der Waals surface area contributed by atoms with Crippen LogP contribution in [0.25, 0.3) is 23.1 Å². The summed E-state index contributed by atoms with van der Waals surface area (Å²) in [6.45, 7) is 8.83. The number of ether oxygens (including phenoxy) is 1. The quantitative estimate of drug-likeness (QED) is 0.553. The largest absolute Gasteiger partial charge is 0.462 e. The third-order valence-electron chi connectivity index (χ3n) is 4.49. The van der Waals surface area contributed by atoms with E-state index in [1.165, 1.54) is 0 Å². The first-order valence-corrected chi connectivity index (χ1v) is 10.3. The van der Waals surface area contributed by atoms with E-state index >= 15 is 0 Å². The summed E-state index contributed by atoms with van der Waals surface area (Å²) in [6, 6.07) is 5.61. The molecule has 0 unspecified atom stereocenters. The molecular weight excluding hydrogens is 372 g/mol. The highest BCUT2D eigenvalue weighted by atomic mass is 32.1. The van der Waals surface area contributed by atoms with Gasteiger partial charge < -0.3 is 9.30 Å². The fourth-order valence-electron chi connectivity index (χ4n) is 2.94. The Morgan fingerprint density at radius 3 is 2.71 bits per heavy atom. The number of benzene rings is 1. The highest BCUT2D eigenvalue weighted by Crippen LogP contribution is 2.21. The molecule has 1 aromatic carbocycles. The lowest BCUT2D eigenvalue weighted by atomic mass is 10.1. The normalized spacial score (nSPS) is 11.6. The van der Waals surface area contributed by atoms with E-state index in [0.717, 1.165) is 21.8 Å². The molecule has 0 aliphatic heterocycles. The molecule has 6 heteroatoms. The van der Waals surface area contributed by atoms with Gasteiger partial charge >= 0.3 is 5.97 Å². The first-order chi connectivity index (χ1) is 13.4. The third-order valence-corrected chi connectivity index (χ3v) is 5.32. The van der Waals surface area contributed by atoms with Gasteiger partial charge in [0, 0.05) is 23.5 Å². The van der Waals surface area contributed by atoms with Gasteiger partial charge in [0.05, 0.1) is 17.8 Å². The molecule has 0 saturated carbocycles. The number of fused-ring (bicyclic) bond motifs is 1. The van der Waals surface area contributed by atoms with Gasteiger partial charge in [-0.15, -0.1) is 11.3 Å². The smallest absolute Gasteiger partial charge is 0.343 e. The first-order valence-electron chi connectivity index (χ1n) is 9.42. The van der Waals surface area contributed by atoms with Crippen molar-refractivity contribution in [2.24, 2.45) is 0 Å². The van der Waals surface area contributed by atoms with Crippen molar-refractivity contribution in [3.8, 4) is 0 Å². The molecule has 0 bridgehead atoms. The first kappa shape index (κ1) is 20.0. The van der Waals surface area contributed by atoms with E-state index in [2.05, 4.69) is 24.2 Å². The summed E-state index contributed by atoms with van der Waals surface area (Å²) in [5.74, 6) is -0.169. The Morgan fingerprint density at radius 2 is 2.07 bits per heavy atom. The van der Waals surface area contributed by atoms with Crippen LogP contribution in [0.3, 0.4) is 0 Å². The molecule has 3 aromatic rings. The van der Waals surface area contributed by atoms with Crippen molar-refractivity contribution in [1.82, 2.24) is 9.55 Å². The Labute approximate surface area is 168 Å². The minimum absolute atomic E-state index is 0.0727. The van der Waals surface area contributed by atoms with Crippen molar-refractivity contribution in [2.75, 3.05) is 6.61 Å². The topological polar surface area (TPSA) is 61.2 Å². The number of nitrogens with zero attached hydrogens (tertiary/aromatic N) is 2. The zero-order valence-corrected chi connectivity index (χ0v) is 17.4. The van der Waals surface area contributed by atoms with E-state index < -0.39 is 5.97 Å². The number of hydrogen-bond acceptors (Lipinski definition) is 5. The summed E-state index contributed by atoms with van der Waals surface area (Å²) in [6.07, 6.45) is 5.57. The van der Waals surface area contributed by atoms with Crippen molar-refractivity contribution < 1.29 is 9.53 Å². The number of rotatable bonds is 6. The molecule has 146 valence electrons. The summed E-state index contributed by atoms with van der Waals surface area (Å²) < 4.78 is 6.92. The second kappa shape index (κ2) is 8.52. The molecule has 2 heterocycles.